The van der Waals surface area contributed by atoms with Gasteiger partial charge in [-0.2, -0.15) is 5.26 Å². The molecule has 0 saturated carbocycles. The Morgan fingerprint density at radius 3 is 3.05 bits per heavy atom. The van der Waals surface area contributed by atoms with E-state index >= 15 is 0 Å². The van der Waals surface area contributed by atoms with Crippen molar-refractivity contribution >= 4 is 5.82 Å². The molecule has 5 nitrogen and oxygen atoms in total. The van der Waals surface area contributed by atoms with Crippen molar-refractivity contribution in [2.75, 3.05) is 31.6 Å². The zero-order valence-corrected chi connectivity index (χ0v) is 12.0. The van der Waals surface area contributed by atoms with E-state index in [0.29, 0.717) is 11.4 Å². The zero-order valence-electron chi connectivity index (χ0n) is 12.0. The fourth-order valence-electron chi connectivity index (χ4n) is 2.22. The van der Waals surface area contributed by atoms with Gasteiger partial charge in [0.15, 0.2) is 0 Å². The van der Waals surface area contributed by atoms with Crippen LogP contribution >= 0.6 is 0 Å². The largest absolute Gasteiger partial charge is 0.498 e. The van der Waals surface area contributed by atoms with E-state index < -0.39 is 0 Å². The maximum Gasteiger partial charge on any atom is 0.144 e. The number of nitrogens with one attached hydrogen (secondary N) is 1. The minimum absolute atomic E-state index is 0.641. The lowest BCUT2D eigenvalue weighted by molar-refractivity contribution is 0.173. The van der Waals surface area contributed by atoms with Crippen LogP contribution in [0, 0.1) is 25.2 Å². The van der Waals surface area contributed by atoms with Crippen molar-refractivity contribution in [3.8, 4) is 6.07 Å². The molecule has 1 aromatic rings. The zero-order chi connectivity index (χ0) is 14.4. The number of hydrogen-bond acceptors (Lipinski definition) is 5. The van der Waals surface area contributed by atoms with Crippen molar-refractivity contribution in [2.45, 2.75) is 20.3 Å². The van der Waals surface area contributed by atoms with Gasteiger partial charge < -0.3 is 15.0 Å². The molecular formula is C15H20N4O. The summed E-state index contributed by atoms with van der Waals surface area (Å²) in [6, 6.07) is 4.15. The number of aryl methyl sites for hydroxylation is 2. The highest BCUT2D eigenvalue weighted by atomic mass is 16.5. The minimum Gasteiger partial charge on any atom is -0.498 e. The van der Waals surface area contributed by atoms with Crippen molar-refractivity contribution in [1.29, 1.82) is 5.26 Å². The third-order valence-corrected chi connectivity index (χ3v) is 3.24. The molecule has 1 N–H and O–H groups in total. The van der Waals surface area contributed by atoms with E-state index in [9.17, 15) is 5.26 Å². The van der Waals surface area contributed by atoms with E-state index in [2.05, 4.69) is 21.3 Å². The molecule has 2 rings (SSSR count). The van der Waals surface area contributed by atoms with Gasteiger partial charge in [-0.15, -0.1) is 0 Å². The van der Waals surface area contributed by atoms with Gasteiger partial charge in [0, 0.05) is 25.0 Å². The Kier molecular flexibility index (Phi) is 4.83. The fraction of sp³-hybridized carbons (Fsp3) is 0.467. The van der Waals surface area contributed by atoms with Crippen LogP contribution < -0.4 is 5.32 Å². The summed E-state index contributed by atoms with van der Waals surface area (Å²) < 4.78 is 5.15. The van der Waals surface area contributed by atoms with E-state index in [-0.39, 0.29) is 0 Å². The Balaban J connectivity index is 1.86. The molecule has 0 unspecified atom stereocenters. The first kappa shape index (κ1) is 14.2. The summed E-state index contributed by atoms with van der Waals surface area (Å²) in [7, 11) is 0. The predicted molar refractivity (Wildman–Crippen MR) is 78.2 cm³/mol. The molecule has 0 radical (unpaired) electrons. The van der Waals surface area contributed by atoms with Crippen LogP contribution in [0.4, 0.5) is 5.82 Å². The monoisotopic (exact) mass is 272 g/mol. The van der Waals surface area contributed by atoms with Crippen molar-refractivity contribution in [3.63, 3.8) is 0 Å². The van der Waals surface area contributed by atoms with Crippen LogP contribution in [0.3, 0.4) is 0 Å². The molecule has 0 atom stereocenters. The van der Waals surface area contributed by atoms with Crippen molar-refractivity contribution in [3.05, 3.63) is 35.3 Å². The van der Waals surface area contributed by atoms with Gasteiger partial charge in [-0.25, -0.2) is 4.98 Å². The summed E-state index contributed by atoms with van der Waals surface area (Å²) in [6.07, 6.45) is 4.69. The Labute approximate surface area is 119 Å². The highest BCUT2D eigenvalue weighted by Crippen LogP contribution is 2.17. The van der Waals surface area contributed by atoms with E-state index in [1.807, 2.05) is 26.1 Å². The summed E-state index contributed by atoms with van der Waals surface area (Å²) in [5, 5.41) is 12.5. The Morgan fingerprint density at radius 1 is 1.50 bits per heavy atom. The number of aromatic nitrogens is 1. The molecule has 2 heterocycles. The highest BCUT2D eigenvalue weighted by molar-refractivity contribution is 5.56. The molecule has 0 fully saturated rings. The first-order chi connectivity index (χ1) is 9.70. The number of hydrogen-bond donors (Lipinski definition) is 1. The Morgan fingerprint density at radius 2 is 2.35 bits per heavy atom. The molecule has 0 aliphatic carbocycles. The molecule has 5 heteroatoms. The maximum atomic E-state index is 9.19. The molecule has 106 valence electrons. The molecule has 0 spiro atoms. The average Bonchev–Trinajstić information content (AvgIpc) is 2.44. The summed E-state index contributed by atoms with van der Waals surface area (Å²) in [5.41, 5.74) is 2.54. The summed E-state index contributed by atoms with van der Waals surface area (Å²) in [6.45, 7) is 7.34. The van der Waals surface area contributed by atoms with Crippen molar-refractivity contribution in [1.82, 2.24) is 9.88 Å². The topological polar surface area (TPSA) is 61.2 Å². The van der Waals surface area contributed by atoms with Gasteiger partial charge in [-0.1, -0.05) is 0 Å². The van der Waals surface area contributed by atoms with Crippen molar-refractivity contribution in [2.24, 2.45) is 0 Å². The Hall–Kier alpha value is -2.22. The van der Waals surface area contributed by atoms with Crippen molar-refractivity contribution < 1.29 is 4.74 Å². The number of pyridine rings is 1. The van der Waals surface area contributed by atoms with Crippen LogP contribution in [0.15, 0.2) is 18.5 Å². The molecule has 0 bridgehead atoms. The second kappa shape index (κ2) is 6.80. The lowest BCUT2D eigenvalue weighted by Gasteiger charge is -2.23. The molecular weight excluding hydrogens is 252 g/mol. The van der Waals surface area contributed by atoms with Crippen LogP contribution in [0.2, 0.25) is 0 Å². The summed E-state index contributed by atoms with van der Waals surface area (Å²) in [4.78, 5) is 6.64. The molecule has 1 aliphatic rings. The van der Waals surface area contributed by atoms with Gasteiger partial charge in [0.1, 0.15) is 18.5 Å². The minimum atomic E-state index is 0.641. The van der Waals surface area contributed by atoms with E-state index in [1.54, 1.807) is 6.26 Å². The highest BCUT2D eigenvalue weighted by Gasteiger charge is 2.08. The standard InChI is InChI=1S/C15H20N4O/c1-12-10-13(2)18-15(14(12)11-16)17-4-3-5-19-6-8-20-9-7-19/h6,8,10H,3-5,7,9H2,1-2H3,(H,17,18). The molecule has 0 saturated heterocycles. The number of ether oxygens (including phenoxy) is 1. The third kappa shape index (κ3) is 3.64. The predicted octanol–water partition coefficient (Wildman–Crippen LogP) is 2.18. The third-order valence-electron chi connectivity index (χ3n) is 3.24. The second-order valence-electron chi connectivity index (χ2n) is 4.89. The van der Waals surface area contributed by atoms with Gasteiger partial charge >= 0.3 is 0 Å². The summed E-state index contributed by atoms with van der Waals surface area (Å²) >= 11 is 0. The first-order valence-corrected chi connectivity index (χ1v) is 6.85. The van der Waals surface area contributed by atoms with Gasteiger partial charge in [-0.3, -0.25) is 0 Å². The number of nitrogens with zero attached hydrogens (tertiary/aromatic N) is 3. The number of anilines is 1. The van der Waals surface area contributed by atoms with Gasteiger partial charge in [0.25, 0.3) is 0 Å². The van der Waals surface area contributed by atoms with E-state index in [4.69, 9.17) is 4.74 Å². The van der Waals surface area contributed by atoms with E-state index in [1.165, 1.54) is 0 Å². The summed E-state index contributed by atoms with van der Waals surface area (Å²) in [5.74, 6) is 0.697. The van der Waals surface area contributed by atoms with E-state index in [0.717, 1.165) is 43.9 Å². The molecule has 1 aliphatic heterocycles. The van der Waals surface area contributed by atoms with Gasteiger partial charge in [0.2, 0.25) is 0 Å². The normalized spacial score (nSPS) is 13.8. The molecule has 20 heavy (non-hydrogen) atoms. The second-order valence-corrected chi connectivity index (χ2v) is 4.89. The maximum absolute atomic E-state index is 9.19. The quantitative estimate of drug-likeness (QED) is 0.832. The first-order valence-electron chi connectivity index (χ1n) is 6.85. The van der Waals surface area contributed by atoms with Crippen LogP contribution in [0.5, 0.6) is 0 Å². The van der Waals surface area contributed by atoms with Crippen LogP contribution in [0.25, 0.3) is 0 Å². The molecule has 0 amide bonds. The number of nitriles is 1. The Bertz CT molecular complexity index is 533. The lowest BCUT2D eigenvalue weighted by Crippen LogP contribution is -2.27. The fourth-order valence-corrected chi connectivity index (χ4v) is 2.22. The van der Waals surface area contributed by atoms with Crippen LogP contribution in [0.1, 0.15) is 23.2 Å². The molecule has 1 aromatic heterocycles. The molecule has 0 aromatic carbocycles. The van der Waals surface area contributed by atoms with Gasteiger partial charge in [-0.05, 0) is 31.9 Å². The number of rotatable bonds is 5. The SMILES string of the molecule is Cc1cc(C)c(C#N)c(NCCCN2C=COCC2)n1. The average molecular weight is 272 g/mol. The van der Waals surface area contributed by atoms with Gasteiger partial charge in [0.05, 0.1) is 18.4 Å². The van der Waals surface area contributed by atoms with Crippen LogP contribution in [-0.4, -0.2) is 36.1 Å². The van der Waals surface area contributed by atoms with Crippen LogP contribution in [-0.2, 0) is 4.74 Å². The smallest absolute Gasteiger partial charge is 0.144 e. The lowest BCUT2D eigenvalue weighted by atomic mass is 10.1.